The van der Waals surface area contributed by atoms with Gasteiger partial charge in [0.05, 0.1) is 7.11 Å². The van der Waals surface area contributed by atoms with Gasteiger partial charge in [0, 0.05) is 18.7 Å². The van der Waals surface area contributed by atoms with Crippen LogP contribution in [0.25, 0.3) is 0 Å². The van der Waals surface area contributed by atoms with Crippen LogP contribution in [0.2, 0.25) is 0 Å². The minimum absolute atomic E-state index is 0.00318. The zero-order valence-electron chi connectivity index (χ0n) is 12.6. The number of likely N-dealkylation sites (tertiary alicyclic amines) is 1. The van der Waals surface area contributed by atoms with Crippen molar-refractivity contribution in [3.63, 3.8) is 0 Å². The van der Waals surface area contributed by atoms with Crippen molar-refractivity contribution in [3.05, 3.63) is 29.8 Å². The molecule has 0 aromatic heterocycles. The van der Waals surface area contributed by atoms with Gasteiger partial charge in [-0.25, -0.2) is 0 Å². The summed E-state index contributed by atoms with van der Waals surface area (Å²) in [5.74, 6) is 0.455. The lowest BCUT2D eigenvalue weighted by Gasteiger charge is -2.29. The molecule has 1 aliphatic rings. The van der Waals surface area contributed by atoms with Gasteiger partial charge < -0.3 is 15.0 Å². The van der Waals surface area contributed by atoms with Crippen molar-refractivity contribution in [2.75, 3.05) is 20.2 Å². The molecule has 1 heterocycles. The van der Waals surface area contributed by atoms with E-state index in [1.165, 1.54) is 6.42 Å². The van der Waals surface area contributed by atoms with Gasteiger partial charge in [-0.3, -0.25) is 9.59 Å². The van der Waals surface area contributed by atoms with Gasteiger partial charge in [-0.2, -0.15) is 0 Å². The average molecular weight is 290 g/mol. The van der Waals surface area contributed by atoms with E-state index in [1.807, 2.05) is 4.90 Å². The average Bonchev–Trinajstić information content (AvgIpc) is 2.55. The first kappa shape index (κ1) is 15.4. The normalized spacial score (nSPS) is 16.2. The van der Waals surface area contributed by atoms with E-state index in [1.54, 1.807) is 38.3 Å². The smallest absolute Gasteiger partial charge is 0.251 e. The van der Waals surface area contributed by atoms with Crippen LogP contribution in [0.15, 0.2) is 24.3 Å². The maximum absolute atomic E-state index is 12.3. The molecule has 1 saturated heterocycles. The fourth-order valence-corrected chi connectivity index (χ4v) is 2.47. The summed E-state index contributed by atoms with van der Waals surface area (Å²) in [5, 5.41) is 2.76. The summed E-state index contributed by atoms with van der Waals surface area (Å²) in [5.41, 5.74) is 0.522. The SMILES string of the molecule is COc1ccc(C(=O)N[C@@H](C)C(=O)N2CCCCC2)cc1. The number of methoxy groups -OCH3 is 1. The minimum Gasteiger partial charge on any atom is -0.497 e. The zero-order chi connectivity index (χ0) is 15.2. The Morgan fingerprint density at radius 1 is 1.14 bits per heavy atom. The number of amides is 2. The van der Waals surface area contributed by atoms with E-state index in [0.717, 1.165) is 25.9 Å². The third-order valence-corrected chi connectivity index (χ3v) is 3.74. The first-order valence-electron chi connectivity index (χ1n) is 7.35. The molecule has 1 fully saturated rings. The predicted octanol–water partition coefficient (Wildman–Crippen LogP) is 1.83. The van der Waals surface area contributed by atoms with Crippen LogP contribution < -0.4 is 10.1 Å². The second-order valence-corrected chi connectivity index (χ2v) is 5.31. The second kappa shape index (κ2) is 7.11. The number of nitrogens with zero attached hydrogens (tertiary/aromatic N) is 1. The van der Waals surface area contributed by atoms with Crippen LogP contribution in [0.4, 0.5) is 0 Å². The number of hydrogen-bond acceptors (Lipinski definition) is 3. The fraction of sp³-hybridized carbons (Fsp3) is 0.500. The maximum atomic E-state index is 12.3. The number of carbonyl (C=O) groups is 2. The second-order valence-electron chi connectivity index (χ2n) is 5.31. The molecular formula is C16H22N2O3. The highest BCUT2D eigenvalue weighted by Gasteiger charge is 2.23. The van der Waals surface area contributed by atoms with Gasteiger partial charge in [-0.15, -0.1) is 0 Å². The molecule has 2 rings (SSSR count). The summed E-state index contributed by atoms with van der Waals surface area (Å²) >= 11 is 0. The highest BCUT2D eigenvalue weighted by Crippen LogP contribution is 2.12. The molecule has 1 aromatic carbocycles. The lowest BCUT2D eigenvalue weighted by atomic mass is 10.1. The molecule has 1 atom stereocenters. The Morgan fingerprint density at radius 2 is 1.76 bits per heavy atom. The van der Waals surface area contributed by atoms with E-state index in [2.05, 4.69) is 5.32 Å². The molecule has 21 heavy (non-hydrogen) atoms. The Morgan fingerprint density at radius 3 is 2.33 bits per heavy atom. The van der Waals surface area contributed by atoms with Crippen LogP contribution in [0.5, 0.6) is 5.75 Å². The molecule has 5 heteroatoms. The van der Waals surface area contributed by atoms with Crippen molar-refractivity contribution in [2.45, 2.75) is 32.2 Å². The largest absolute Gasteiger partial charge is 0.497 e. The van der Waals surface area contributed by atoms with Gasteiger partial charge >= 0.3 is 0 Å². The predicted molar refractivity (Wildman–Crippen MR) is 80.4 cm³/mol. The summed E-state index contributed by atoms with van der Waals surface area (Å²) < 4.78 is 5.06. The number of nitrogens with one attached hydrogen (secondary N) is 1. The van der Waals surface area contributed by atoms with Crippen molar-refractivity contribution in [2.24, 2.45) is 0 Å². The van der Waals surface area contributed by atoms with E-state index in [0.29, 0.717) is 11.3 Å². The highest BCUT2D eigenvalue weighted by atomic mass is 16.5. The summed E-state index contributed by atoms with van der Waals surface area (Å²) in [7, 11) is 1.58. The van der Waals surface area contributed by atoms with Gasteiger partial charge in [0.15, 0.2) is 0 Å². The number of ether oxygens (including phenoxy) is 1. The van der Waals surface area contributed by atoms with Crippen LogP contribution >= 0.6 is 0 Å². The number of carbonyl (C=O) groups excluding carboxylic acids is 2. The topological polar surface area (TPSA) is 58.6 Å². The Hall–Kier alpha value is -2.04. The van der Waals surface area contributed by atoms with Crippen LogP contribution in [0.3, 0.4) is 0 Å². The molecular weight excluding hydrogens is 268 g/mol. The van der Waals surface area contributed by atoms with Crippen LogP contribution in [-0.2, 0) is 4.79 Å². The van der Waals surface area contributed by atoms with E-state index < -0.39 is 6.04 Å². The van der Waals surface area contributed by atoms with Crippen molar-refractivity contribution in [1.82, 2.24) is 10.2 Å². The third-order valence-electron chi connectivity index (χ3n) is 3.74. The van der Waals surface area contributed by atoms with E-state index >= 15 is 0 Å². The van der Waals surface area contributed by atoms with Crippen molar-refractivity contribution < 1.29 is 14.3 Å². The van der Waals surface area contributed by atoms with E-state index in [4.69, 9.17) is 4.74 Å². The quantitative estimate of drug-likeness (QED) is 0.920. The fourth-order valence-electron chi connectivity index (χ4n) is 2.47. The molecule has 1 N–H and O–H groups in total. The standard InChI is InChI=1S/C16H22N2O3/c1-12(16(20)18-10-4-3-5-11-18)17-15(19)13-6-8-14(21-2)9-7-13/h6-9,12H,3-5,10-11H2,1-2H3,(H,17,19)/t12-/m0/s1. The van der Waals surface area contributed by atoms with Gasteiger partial charge in [0.2, 0.25) is 5.91 Å². The summed E-state index contributed by atoms with van der Waals surface area (Å²) in [6.07, 6.45) is 3.27. The molecule has 0 aliphatic carbocycles. The van der Waals surface area contributed by atoms with Crippen molar-refractivity contribution in [1.29, 1.82) is 0 Å². The number of benzene rings is 1. The lowest BCUT2D eigenvalue weighted by Crippen LogP contribution is -2.48. The molecule has 0 spiro atoms. The molecule has 0 unspecified atom stereocenters. The molecule has 0 saturated carbocycles. The molecule has 114 valence electrons. The number of hydrogen-bond donors (Lipinski definition) is 1. The van der Waals surface area contributed by atoms with Gasteiger partial charge in [0.1, 0.15) is 11.8 Å². The first-order chi connectivity index (χ1) is 10.1. The minimum atomic E-state index is -0.502. The highest BCUT2D eigenvalue weighted by molar-refractivity contribution is 5.97. The Labute approximate surface area is 125 Å². The number of piperidine rings is 1. The Kier molecular flexibility index (Phi) is 5.20. The molecule has 5 nitrogen and oxygen atoms in total. The van der Waals surface area contributed by atoms with Crippen molar-refractivity contribution >= 4 is 11.8 Å². The van der Waals surface area contributed by atoms with Crippen LogP contribution in [-0.4, -0.2) is 43.0 Å². The molecule has 2 amide bonds. The van der Waals surface area contributed by atoms with Crippen LogP contribution in [0, 0.1) is 0 Å². The molecule has 1 aliphatic heterocycles. The van der Waals surface area contributed by atoms with E-state index in [9.17, 15) is 9.59 Å². The summed E-state index contributed by atoms with van der Waals surface area (Å²) in [4.78, 5) is 26.2. The molecule has 0 radical (unpaired) electrons. The van der Waals surface area contributed by atoms with Gasteiger partial charge in [0.25, 0.3) is 5.91 Å². The van der Waals surface area contributed by atoms with Gasteiger partial charge in [-0.1, -0.05) is 0 Å². The first-order valence-corrected chi connectivity index (χ1v) is 7.35. The molecule has 0 bridgehead atoms. The molecule has 1 aromatic rings. The maximum Gasteiger partial charge on any atom is 0.251 e. The van der Waals surface area contributed by atoms with E-state index in [-0.39, 0.29) is 11.8 Å². The summed E-state index contributed by atoms with van der Waals surface area (Å²) in [6, 6.07) is 6.33. The summed E-state index contributed by atoms with van der Waals surface area (Å²) in [6.45, 7) is 3.32. The zero-order valence-corrected chi connectivity index (χ0v) is 12.6. The Balaban J connectivity index is 1.92. The van der Waals surface area contributed by atoms with Crippen molar-refractivity contribution in [3.8, 4) is 5.75 Å². The Bertz CT molecular complexity index is 493. The van der Waals surface area contributed by atoms with Crippen LogP contribution in [0.1, 0.15) is 36.5 Å². The monoisotopic (exact) mass is 290 g/mol. The third kappa shape index (κ3) is 3.97. The van der Waals surface area contributed by atoms with Gasteiger partial charge in [-0.05, 0) is 50.5 Å². The lowest BCUT2D eigenvalue weighted by molar-refractivity contribution is -0.133. The number of rotatable bonds is 4.